The Kier molecular flexibility index (Phi) is 6.51. The van der Waals surface area contributed by atoms with Crippen molar-refractivity contribution in [2.24, 2.45) is 17.8 Å². The van der Waals surface area contributed by atoms with Gasteiger partial charge in [0.05, 0.1) is 34.1 Å². The summed E-state index contributed by atoms with van der Waals surface area (Å²) in [4.78, 5) is 18.1. The highest BCUT2D eigenvalue weighted by Crippen LogP contribution is 2.40. The number of benzene rings is 1. The van der Waals surface area contributed by atoms with E-state index in [-0.39, 0.29) is 12.0 Å². The number of fused-ring (bicyclic) bond motifs is 2. The largest absolute Gasteiger partial charge is 0.416 e. The van der Waals surface area contributed by atoms with Gasteiger partial charge in [-0.2, -0.15) is 13.2 Å². The van der Waals surface area contributed by atoms with Gasteiger partial charge >= 0.3 is 6.18 Å². The van der Waals surface area contributed by atoms with Gasteiger partial charge in [-0.1, -0.05) is 0 Å². The van der Waals surface area contributed by atoms with E-state index in [1.165, 1.54) is 12.4 Å². The number of imidazole rings is 1. The molecule has 9 nitrogen and oxygen atoms in total. The quantitative estimate of drug-likeness (QED) is 0.281. The van der Waals surface area contributed by atoms with Gasteiger partial charge in [0.25, 0.3) is 0 Å². The molecule has 3 aromatic heterocycles. The SMILES string of the molecule is CN(CC1CC(Cc2nc3ccc(C(F)(F)F)cc3[nH]2)C1)CC1CC(n2ccc3c(N)ncnc32)C(O)C1O. The van der Waals surface area contributed by atoms with Crippen LogP contribution in [0.3, 0.4) is 0 Å². The van der Waals surface area contributed by atoms with E-state index >= 15 is 0 Å². The zero-order valence-corrected chi connectivity index (χ0v) is 21.5. The molecule has 5 N–H and O–H groups in total. The molecule has 0 bridgehead atoms. The Hall–Kier alpha value is -3.22. The van der Waals surface area contributed by atoms with Crippen molar-refractivity contribution in [1.29, 1.82) is 0 Å². The summed E-state index contributed by atoms with van der Waals surface area (Å²) in [5.41, 5.74) is 6.89. The zero-order valence-electron chi connectivity index (χ0n) is 21.5. The number of aliphatic hydroxyl groups is 2. The van der Waals surface area contributed by atoms with E-state index < -0.39 is 23.9 Å². The van der Waals surface area contributed by atoms with Crippen LogP contribution in [0.15, 0.2) is 36.8 Å². The lowest BCUT2D eigenvalue weighted by atomic mass is 9.73. The van der Waals surface area contributed by atoms with Crippen molar-refractivity contribution < 1.29 is 23.4 Å². The summed E-state index contributed by atoms with van der Waals surface area (Å²) in [6.07, 6.45) is 0.498. The molecule has 2 saturated carbocycles. The predicted molar refractivity (Wildman–Crippen MR) is 140 cm³/mol. The van der Waals surface area contributed by atoms with Crippen LogP contribution in [0.2, 0.25) is 0 Å². The Morgan fingerprint density at radius 3 is 2.64 bits per heavy atom. The van der Waals surface area contributed by atoms with E-state index in [2.05, 4.69) is 24.8 Å². The lowest BCUT2D eigenvalue weighted by Crippen LogP contribution is -2.39. The maximum Gasteiger partial charge on any atom is 0.416 e. The number of nitrogens with two attached hydrogens (primary N) is 1. The fourth-order valence-electron chi connectivity index (χ4n) is 6.53. The summed E-state index contributed by atoms with van der Waals surface area (Å²) in [7, 11) is 2.04. The molecule has 208 valence electrons. The minimum atomic E-state index is -4.37. The number of hydrogen-bond acceptors (Lipinski definition) is 7. The number of rotatable bonds is 7. The molecule has 2 aliphatic rings. The van der Waals surface area contributed by atoms with Gasteiger partial charge < -0.3 is 30.4 Å². The first kappa shape index (κ1) is 26.0. The molecular weight excluding hydrogens is 511 g/mol. The average Bonchev–Trinajstić information content (AvgIpc) is 3.54. The first-order valence-electron chi connectivity index (χ1n) is 13.2. The third-order valence-electron chi connectivity index (χ3n) is 8.46. The van der Waals surface area contributed by atoms with Gasteiger partial charge in [0.2, 0.25) is 0 Å². The monoisotopic (exact) mass is 543 g/mol. The fraction of sp³-hybridized carbons (Fsp3) is 0.519. The molecule has 4 atom stereocenters. The van der Waals surface area contributed by atoms with E-state index in [1.54, 1.807) is 0 Å². The van der Waals surface area contributed by atoms with Crippen molar-refractivity contribution in [1.82, 2.24) is 29.4 Å². The number of halogens is 3. The van der Waals surface area contributed by atoms with Crippen LogP contribution in [0, 0.1) is 17.8 Å². The van der Waals surface area contributed by atoms with Gasteiger partial charge in [0, 0.05) is 31.6 Å². The van der Waals surface area contributed by atoms with E-state index in [0.717, 1.165) is 42.7 Å². The molecule has 4 aromatic rings. The molecular formula is C27H32F3N7O2. The predicted octanol–water partition coefficient (Wildman–Crippen LogP) is 3.39. The maximum atomic E-state index is 13.0. The topological polar surface area (TPSA) is 129 Å². The number of alkyl halides is 3. The lowest BCUT2D eigenvalue weighted by molar-refractivity contribution is -0.137. The number of hydrogen-bond donors (Lipinski definition) is 4. The Bertz CT molecular complexity index is 1480. The number of H-pyrrole nitrogens is 1. The van der Waals surface area contributed by atoms with Crippen molar-refractivity contribution in [3.63, 3.8) is 0 Å². The number of anilines is 1. The second-order valence-corrected chi connectivity index (χ2v) is 11.3. The molecule has 0 amide bonds. The summed E-state index contributed by atoms with van der Waals surface area (Å²) in [5.74, 6) is 1.97. The van der Waals surface area contributed by atoms with Crippen LogP contribution in [0.1, 0.15) is 36.7 Å². The van der Waals surface area contributed by atoms with Gasteiger partial charge in [-0.05, 0) is 62.4 Å². The Morgan fingerprint density at radius 1 is 1.08 bits per heavy atom. The number of nitrogens with zero attached hydrogens (tertiary/aromatic N) is 5. The number of nitrogen functional groups attached to an aromatic ring is 1. The first-order valence-corrected chi connectivity index (χ1v) is 13.2. The summed E-state index contributed by atoms with van der Waals surface area (Å²) < 4.78 is 40.9. The number of aromatic nitrogens is 5. The molecule has 6 rings (SSSR count). The van der Waals surface area contributed by atoms with E-state index in [0.29, 0.717) is 53.7 Å². The van der Waals surface area contributed by atoms with Crippen LogP contribution in [-0.2, 0) is 12.6 Å². The van der Waals surface area contributed by atoms with Crippen LogP contribution in [-0.4, -0.2) is 72.0 Å². The molecule has 2 aliphatic carbocycles. The van der Waals surface area contributed by atoms with Gasteiger partial charge in [-0.15, -0.1) is 0 Å². The minimum Gasteiger partial charge on any atom is -0.390 e. The second kappa shape index (κ2) is 9.76. The van der Waals surface area contributed by atoms with E-state index in [9.17, 15) is 23.4 Å². The normalized spacial score (nSPS) is 27.6. The van der Waals surface area contributed by atoms with Crippen LogP contribution >= 0.6 is 0 Å². The molecule has 2 fully saturated rings. The highest BCUT2D eigenvalue weighted by Gasteiger charge is 2.43. The third kappa shape index (κ3) is 4.96. The molecule has 0 aliphatic heterocycles. The summed E-state index contributed by atoms with van der Waals surface area (Å²) in [6.45, 7) is 1.54. The number of aromatic amines is 1. The minimum absolute atomic E-state index is 0.0837. The molecule has 0 spiro atoms. The lowest BCUT2D eigenvalue weighted by Gasteiger charge is -2.38. The van der Waals surface area contributed by atoms with Crippen molar-refractivity contribution in [2.75, 3.05) is 25.9 Å². The van der Waals surface area contributed by atoms with Crippen LogP contribution < -0.4 is 5.73 Å². The molecule has 12 heteroatoms. The first-order chi connectivity index (χ1) is 18.6. The smallest absolute Gasteiger partial charge is 0.390 e. The maximum absolute atomic E-state index is 13.0. The number of nitrogens with one attached hydrogen (secondary N) is 1. The fourth-order valence-corrected chi connectivity index (χ4v) is 6.53. The van der Waals surface area contributed by atoms with Crippen LogP contribution in [0.25, 0.3) is 22.1 Å². The van der Waals surface area contributed by atoms with E-state index in [1.807, 2.05) is 23.9 Å². The van der Waals surface area contributed by atoms with E-state index in [4.69, 9.17) is 5.73 Å². The van der Waals surface area contributed by atoms with Gasteiger partial charge in [-0.25, -0.2) is 15.0 Å². The molecule has 1 aromatic carbocycles. The average molecular weight is 544 g/mol. The third-order valence-corrected chi connectivity index (χ3v) is 8.46. The molecule has 0 radical (unpaired) electrons. The van der Waals surface area contributed by atoms with Gasteiger partial charge in [0.1, 0.15) is 29.7 Å². The molecule has 3 heterocycles. The van der Waals surface area contributed by atoms with Crippen molar-refractivity contribution in [2.45, 2.75) is 50.1 Å². The summed E-state index contributed by atoms with van der Waals surface area (Å²) >= 11 is 0. The molecule has 0 saturated heterocycles. The zero-order chi connectivity index (χ0) is 27.5. The Balaban J connectivity index is 1.01. The Morgan fingerprint density at radius 2 is 1.87 bits per heavy atom. The van der Waals surface area contributed by atoms with Gasteiger partial charge in [-0.3, -0.25) is 0 Å². The Labute approximate surface area is 222 Å². The highest BCUT2D eigenvalue weighted by molar-refractivity contribution is 5.86. The highest BCUT2D eigenvalue weighted by atomic mass is 19.4. The summed E-state index contributed by atoms with van der Waals surface area (Å²) in [6, 6.07) is 5.13. The van der Waals surface area contributed by atoms with Gasteiger partial charge in [0.15, 0.2) is 0 Å². The second-order valence-electron chi connectivity index (χ2n) is 11.3. The molecule has 4 unspecified atom stereocenters. The van der Waals surface area contributed by atoms with Crippen LogP contribution in [0.5, 0.6) is 0 Å². The molecule has 39 heavy (non-hydrogen) atoms. The van der Waals surface area contributed by atoms with Crippen molar-refractivity contribution >= 4 is 27.9 Å². The van der Waals surface area contributed by atoms with Crippen molar-refractivity contribution in [3.8, 4) is 0 Å². The summed E-state index contributed by atoms with van der Waals surface area (Å²) in [5, 5.41) is 22.4. The van der Waals surface area contributed by atoms with Crippen molar-refractivity contribution in [3.05, 3.63) is 48.2 Å². The van der Waals surface area contributed by atoms with Crippen LogP contribution in [0.4, 0.5) is 19.0 Å². The standard InChI is InChI=1S/C27H32F3N7O2/c1-36(12-16-9-21(24(39)23(16)38)37-5-4-18-25(31)32-13-33-26(18)37)11-15-6-14(7-15)8-22-34-19-3-2-17(27(28,29)30)10-20(19)35-22/h2-5,10,13-16,21,23-24,38-39H,6-9,11-12H2,1H3,(H,34,35)(H2,31,32,33). The number of aliphatic hydroxyl groups excluding tert-OH is 2.